The topological polar surface area (TPSA) is 64.8 Å². The lowest BCUT2D eigenvalue weighted by Crippen LogP contribution is -2.40. The molecule has 1 saturated carbocycles. The van der Waals surface area contributed by atoms with E-state index >= 15 is 0 Å². The number of nitrogens with two attached hydrogens (primary N) is 1. The number of nitrogens with zero attached hydrogens (tertiary/aromatic N) is 1. The Bertz CT molecular complexity index is 321. The minimum Gasteiger partial charge on any atom is -0.444 e. The fraction of sp³-hybridized carbons (Fsp3) is 0.923. The summed E-state index contributed by atoms with van der Waals surface area (Å²) in [6.45, 7) is 7.68. The van der Waals surface area contributed by atoms with Gasteiger partial charge in [0.05, 0.1) is 6.61 Å². The van der Waals surface area contributed by atoms with Crippen molar-refractivity contribution in [2.24, 2.45) is 17.2 Å². The van der Waals surface area contributed by atoms with Crippen LogP contribution in [0.5, 0.6) is 0 Å². The van der Waals surface area contributed by atoms with Crippen LogP contribution in [0.4, 0.5) is 4.79 Å². The average molecular weight is 256 g/mol. The van der Waals surface area contributed by atoms with E-state index in [-0.39, 0.29) is 11.5 Å². The molecule has 2 aliphatic rings. The van der Waals surface area contributed by atoms with Crippen molar-refractivity contribution >= 4 is 6.09 Å². The molecule has 1 saturated heterocycles. The van der Waals surface area contributed by atoms with Gasteiger partial charge in [0.15, 0.2) is 0 Å². The minimum absolute atomic E-state index is 0.215. The summed E-state index contributed by atoms with van der Waals surface area (Å²) in [5.74, 6) is 5.55. The molecule has 1 amide bonds. The molecule has 0 aromatic carbocycles. The number of carbonyl (C=O) groups is 1. The second-order valence-electron chi connectivity index (χ2n) is 6.61. The highest BCUT2D eigenvalue weighted by molar-refractivity contribution is 5.68. The average Bonchev–Trinajstić information content (AvgIpc) is 2.55. The Morgan fingerprint density at radius 3 is 2.56 bits per heavy atom. The van der Waals surface area contributed by atoms with Crippen molar-refractivity contribution in [3.8, 4) is 0 Å². The summed E-state index contributed by atoms with van der Waals surface area (Å²) in [7, 11) is 0. The van der Waals surface area contributed by atoms with Crippen LogP contribution in [0.3, 0.4) is 0 Å². The highest BCUT2D eigenvalue weighted by Gasteiger charge is 2.52. The largest absolute Gasteiger partial charge is 0.444 e. The molecule has 104 valence electrons. The molecule has 0 radical (unpaired) electrons. The molecule has 1 unspecified atom stereocenters. The molecule has 2 N–H and O–H groups in total. The van der Waals surface area contributed by atoms with Gasteiger partial charge in [-0.05, 0) is 39.0 Å². The van der Waals surface area contributed by atoms with Gasteiger partial charge in [0, 0.05) is 19.0 Å². The van der Waals surface area contributed by atoms with Gasteiger partial charge in [0.25, 0.3) is 0 Å². The van der Waals surface area contributed by atoms with Crippen molar-refractivity contribution in [2.75, 3.05) is 19.7 Å². The van der Waals surface area contributed by atoms with Crippen molar-refractivity contribution in [3.63, 3.8) is 0 Å². The molecule has 1 aliphatic carbocycles. The van der Waals surface area contributed by atoms with Gasteiger partial charge in [-0.1, -0.05) is 6.42 Å². The molecule has 2 rings (SSSR count). The number of carbonyl (C=O) groups excluding carboxylic acids is 1. The maximum atomic E-state index is 12.1. The molecule has 1 heterocycles. The van der Waals surface area contributed by atoms with E-state index in [9.17, 15) is 4.79 Å². The van der Waals surface area contributed by atoms with Crippen molar-refractivity contribution in [2.45, 2.75) is 45.6 Å². The normalized spacial score (nSPS) is 26.2. The van der Waals surface area contributed by atoms with Crippen LogP contribution in [0.2, 0.25) is 0 Å². The van der Waals surface area contributed by atoms with E-state index in [1.807, 2.05) is 25.7 Å². The molecule has 2 fully saturated rings. The molecule has 1 atom stereocenters. The van der Waals surface area contributed by atoms with Gasteiger partial charge in [0.1, 0.15) is 5.60 Å². The summed E-state index contributed by atoms with van der Waals surface area (Å²) in [6, 6.07) is 0. The lowest BCUT2D eigenvalue weighted by molar-refractivity contribution is 0.0150. The molecule has 5 nitrogen and oxygen atoms in total. The second-order valence-corrected chi connectivity index (χ2v) is 6.61. The fourth-order valence-electron chi connectivity index (χ4n) is 3.04. The van der Waals surface area contributed by atoms with Gasteiger partial charge in [-0.25, -0.2) is 10.7 Å². The summed E-state index contributed by atoms with van der Waals surface area (Å²) >= 11 is 0. The molecule has 0 aromatic rings. The maximum Gasteiger partial charge on any atom is 0.410 e. The van der Waals surface area contributed by atoms with E-state index in [0.29, 0.717) is 19.1 Å². The smallest absolute Gasteiger partial charge is 0.410 e. The third-order valence-electron chi connectivity index (χ3n) is 4.11. The molecular weight excluding hydrogens is 232 g/mol. The molecule has 1 aliphatic heterocycles. The maximum absolute atomic E-state index is 12.1. The van der Waals surface area contributed by atoms with Crippen LogP contribution in [0, 0.1) is 11.3 Å². The first-order valence-electron chi connectivity index (χ1n) is 6.66. The number of amides is 1. The zero-order valence-corrected chi connectivity index (χ0v) is 11.6. The first kappa shape index (κ1) is 13.6. The number of rotatable bonds is 2. The number of likely N-dealkylation sites (tertiary alicyclic amines) is 1. The zero-order valence-electron chi connectivity index (χ0n) is 11.6. The number of hydrogen-bond donors (Lipinski definition) is 1. The van der Waals surface area contributed by atoms with Gasteiger partial charge >= 0.3 is 6.09 Å². The first-order chi connectivity index (χ1) is 8.36. The summed E-state index contributed by atoms with van der Waals surface area (Å²) in [4.78, 5) is 18.7. The predicted molar refractivity (Wildman–Crippen MR) is 67.7 cm³/mol. The van der Waals surface area contributed by atoms with Gasteiger partial charge in [-0.15, -0.1) is 0 Å². The number of hydrogen-bond acceptors (Lipinski definition) is 4. The Hall–Kier alpha value is -0.810. The van der Waals surface area contributed by atoms with E-state index in [0.717, 1.165) is 6.54 Å². The Kier molecular flexibility index (Phi) is 3.56. The van der Waals surface area contributed by atoms with Gasteiger partial charge < -0.3 is 14.5 Å². The molecule has 18 heavy (non-hydrogen) atoms. The van der Waals surface area contributed by atoms with E-state index in [2.05, 4.69) is 0 Å². The fourth-order valence-corrected chi connectivity index (χ4v) is 3.04. The highest BCUT2D eigenvalue weighted by Crippen LogP contribution is 2.51. The monoisotopic (exact) mass is 256 g/mol. The second kappa shape index (κ2) is 4.70. The molecule has 1 spiro atoms. The van der Waals surface area contributed by atoms with E-state index < -0.39 is 5.60 Å². The van der Waals surface area contributed by atoms with Crippen molar-refractivity contribution in [3.05, 3.63) is 0 Å². The highest BCUT2D eigenvalue weighted by atomic mass is 16.6. The lowest BCUT2D eigenvalue weighted by Gasteiger charge is -2.42. The van der Waals surface area contributed by atoms with Crippen LogP contribution >= 0.6 is 0 Å². The molecule has 0 aromatic heterocycles. The van der Waals surface area contributed by atoms with Crippen LogP contribution in [0.1, 0.15) is 40.0 Å². The summed E-state index contributed by atoms with van der Waals surface area (Å²) < 4.78 is 5.42. The van der Waals surface area contributed by atoms with Crippen LogP contribution < -0.4 is 5.90 Å². The van der Waals surface area contributed by atoms with Crippen molar-refractivity contribution < 1.29 is 14.4 Å². The Morgan fingerprint density at radius 1 is 1.44 bits per heavy atom. The van der Waals surface area contributed by atoms with Crippen LogP contribution in [0.25, 0.3) is 0 Å². The van der Waals surface area contributed by atoms with Crippen LogP contribution in [-0.4, -0.2) is 36.3 Å². The summed E-state index contributed by atoms with van der Waals surface area (Å²) in [6.07, 6.45) is 3.36. The Morgan fingerprint density at radius 2 is 2.11 bits per heavy atom. The third kappa shape index (κ3) is 2.62. The number of ether oxygens (including phenoxy) is 1. The predicted octanol–water partition coefficient (Wildman–Crippen LogP) is 1.91. The summed E-state index contributed by atoms with van der Waals surface area (Å²) in [5.41, 5.74) is -0.206. The Balaban J connectivity index is 1.98. The van der Waals surface area contributed by atoms with E-state index in [1.54, 1.807) is 0 Å². The minimum atomic E-state index is -0.438. The lowest BCUT2D eigenvalue weighted by atomic mass is 9.63. The SMILES string of the molecule is CC(C)(C)OC(=O)N1CC(CON)C2(CCC2)C1. The molecule has 0 bridgehead atoms. The van der Waals surface area contributed by atoms with E-state index in [1.165, 1.54) is 19.3 Å². The van der Waals surface area contributed by atoms with Gasteiger partial charge in [-0.3, -0.25) is 0 Å². The van der Waals surface area contributed by atoms with Crippen LogP contribution in [-0.2, 0) is 9.57 Å². The quantitative estimate of drug-likeness (QED) is 0.767. The Labute approximate surface area is 109 Å². The van der Waals surface area contributed by atoms with Gasteiger partial charge in [0.2, 0.25) is 0 Å². The van der Waals surface area contributed by atoms with Crippen LogP contribution in [0.15, 0.2) is 0 Å². The van der Waals surface area contributed by atoms with E-state index in [4.69, 9.17) is 15.5 Å². The first-order valence-corrected chi connectivity index (χ1v) is 6.66. The van der Waals surface area contributed by atoms with Gasteiger partial charge in [-0.2, -0.15) is 0 Å². The molecule has 5 heteroatoms. The van der Waals surface area contributed by atoms with Crippen molar-refractivity contribution in [1.82, 2.24) is 4.90 Å². The van der Waals surface area contributed by atoms with Crippen molar-refractivity contribution in [1.29, 1.82) is 0 Å². The standard InChI is InChI=1S/C13H24N2O3/c1-12(2,3)18-11(16)15-7-10(8-17-14)13(9-15)5-4-6-13/h10H,4-9,14H2,1-3H3. The summed E-state index contributed by atoms with van der Waals surface area (Å²) in [5, 5.41) is 0. The molecular formula is C13H24N2O3. The zero-order chi connectivity index (χ0) is 13.4. The third-order valence-corrected chi connectivity index (χ3v) is 4.11.